The normalized spacial score (nSPS) is 19.6. The summed E-state index contributed by atoms with van der Waals surface area (Å²) in [5.41, 5.74) is 2.24. The molecule has 30 heavy (non-hydrogen) atoms. The minimum atomic E-state index is -0.305. The predicted octanol–water partition coefficient (Wildman–Crippen LogP) is 1.40. The number of amides is 1. The molecule has 7 heteroatoms. The van der Waals surface area contributed by atoms with Gasteiger partial charge in [0.2, 0.25) is 5.91 Å². The fraction of sp³-hybridized carbons (Fsp3) is 0.348. The second-order valence-electron chi connectivity index (χ2n) is 7.80. The van der Waals surface area contributed by atoms with Gasteiger partial charge in [0.25, 0.3) is 5.56 Å². The van der Waals surface area contributed by atoms with Crippen molar-refractivity contribution >= 4 is 16.9 Å². The van der Waals surface area contributed by atoms with Crippen molar-refractivity contribution in [2.75, 3.05) is 19.7 Å². The smallest absolute Gasteiger partial charge is 0.269 e. The van der Waals surface area contributed by atoms with E-state index in [2.05, 4.69) is 27.3 Å². The van der Waals surface area contributed by atoms with E-state index in [0.29, 0.717) is 17.6 Å². The monoisotopic (exact) mass is 406 g/mol. The minimum absolute atomic E-state index is 0.00831. The van der Waals surface area contributed by atoms with E-state index in [1.165, 1.54) is 16.3 Å². The molecule has 0 radical (unpaired) electrons. The molecular formula is C23H26N4O3. The van der Waals surface area contributed by atoms with Gasteiger partial charge in [-0.25, -0.2) is 4.98 Å². The molecule has 1 amide bonds. The van der Waals surface area contributed by atoms with E-state index in [-0.39, 0.29) is 36.6 Å². The number of aromatic nitrogens is 2. The number of nitrogens with zero attached hydrogens (tertiary/aromatic N) is 3. The molecule has 1 aliphatic rings. The van der Waals surface area contributed by atoms with E-state index in [4.69, 9.17) is 0 Å². The van der Waals surface area contributed by atoms with Gasteiger partial charge in [-0.2, -0.15) is 0 Å². The van der Waals surface area contributed by atoms with Crippen molar-refractivity contribution < 1.29 is 9.90 Å². The summed E-state index contributed by atoms with van der Waals surface area (Å²) in [4.78, 5) is 31.4. The number of para-hydroxylation sites is 2. The van der Waals surface area contributed by atoms with Gasteiger partial charge in [-0.05, 0) is 24.1 Å². The number of nitrogens with one attached hydrogen (secondary N) is 1. The van der Waals surface area contributed by atoms with Crippen LogP contribution in [-0.2, 0) is 17.9 Å². The SMILES string of the molecule is O=C(Cn1c(=O)cnc2ccccc21)N[C@@H]1CCN(Cc2ccccc2)C[C@@H]1CO. The second-order valence-corrected chi connectivity index (χ2v) is 7.80. The fourth-order valence-electron chi connectivity index (χ4n) is 4.14. The molecule has 0 aliphatic carbocycles. The maximum absolute atomic E-state index is 12.7. The Kier molecular flexibility index (Phi) is 6.21. The Bertz CT molecular complexity index is 1070. The van der Waals surface area contributed by atoms with Crippen LogP contribution in [0.4, 0.5) is 0 Å². The average Bonchev–Trinajstić information content (AvgIpc) is 2.77. The molecule has 2 heterocycles. The highest BCUT2D eigenvalue weighted by atomic mass is 16.3. The molecule has 4 rings (SSSR count). The van der Waals surface area contributed by atoms with Crippen LogP contribution in [0.2, 0.25) is 0 Å². The standard InChI is InChI=1S/C23H26N4O3/c28-16-18-14-26(13-17-6-2-1-3-7-17)11-10-19(18)25-22(29)15-27-21-9-5-4-8-20(21)24-12-23(27)30/h1-9,12,18-19,28H,10-11,13-16H2,(H,25,29)/t18-,19-/m1/s1. The van der Waals surface area contributed by atoms with Gasteiger partial charge in [0.1, 0.15) is 6.54 Å². The van der Waals surface area contributed by atoms with E-state index in [1.54, 1.807) is 6.07 Å². The summed E-state index contributed by atoms with van der Waals surface area (Å²) in [5.74, 6) is -0.272. The van der Waals surface area contributed by atoms with Crippen molar-refractivity contribution in [3.05, 3.63) is 76.7 Å². The fourth-order valence-corrected chi connectivity index (χ4v) is 4.14. The number of hydrogen-bond donors (Lipinski definition) is 2. The zero-order chi connectivity index (χ0) is 20.9. The van der Waals surface area contributed by atoms with Crippen LogP contribution in [0.25, 0.3) is 11.0 Å². The number of likely N-dealkylation sites (tertiary alicyclic amines) is 1. The molecule has 0 unspecified atom stereocenters. The van der Waals surface area contributed by atoms with E-state index in [1.807, 2.05) is 36.4 Å². The number of benzene rings is 2. The number of aliphatic hydroxyl groups excluding tert-OH is 1. The highest BCUT2D eigenvalue weighted by molar-refractivity contribution is 5.80. The van der Waals surface area contributed by atoms with Crippen LogP contribution < -0.4 is 10.9 Å². The van der Waals surface area contributed by atoms with Gasteiger partial charge in [0, 0.05) is 38.2 Å². The second kappa shape index (κ2) is 9.19. The van der Waals surface area contributed by atoms with Crippen LogP contribution in [0.3, 0.4) is 0 Å². The lowest BCUT2D eigenvalue weighted by Crippen LogP contribution is -2.52. The number of fused-ring (bicyclic) bond motifs is 1. The zero-order valence-corrected chi connectivity index (χ0v) is 16.8. The van der Waals surface area contributed by atoms with Crippen molar-refractivity contribution in [3.8, 4) is 0 Å². The molecule has 1 aromatic heterocycles. The summed E-state index contributed by atoms with van der Waals surface area (Å²) in [6.45, 7) is 2.33. The Hall–Kier alpha value is -3.03. The van der Waals surface area contributed by atoms with Crippen LogP contribution >= 0.6 is 0 Å². The van der Waals surface area contributed by atoms with Gasteiger partial charge < -0.3 is 10.4 Å². The first-order chi connectivity index (χ1) is 14.6. The van der Waals surface area contributed by atoms with E-state index < -0.39 is 0 Å². The summed E-state index contributed by atoms with van der Waals surface area (Å²) in [6.07, 6.45) is 2.00. The van der Waals surface area contributed by atoms with E-state index in [9.17, 15) is 14.7 Å². The average molecular weight is 406 g/mol. The third-order valence-corrected chi connectivity index (χ3v) is 5.70. The van der Waals surface area contributed by atoms with Gasteiger partial charge in [0.15, 0.2) is 0 Å². The first-order valence-corrected chi connectivity index (χ1v) is 10.2. The highest BCUT2D eigenvalue weighted by Crippen LogP contribution is 2.19. The van der Waals surface area contributed by atoms with Crippen molar-refractivity contribution in [1.82, 2.24) is 19.8 Å². The molecule has 156 valence electrons. The largest absolute Gasteiger partial charge is 0.396 e. The van der Waals surface area contributed by atoms with Crippen LogP contribution in [0.1, 0.15) is 12.0 Å². The van der Waals surface area contributed by atoms with Gasteiger partial charge in [-0.15, -0.1) is 0 Å². The third-order valence-electron chi connectivity index (χ3n) is 5.70. The van der Waals surface area contributed by atoms with Crippen molar-refractivity contribution in [1.29, 1.82) is 0 Å². The number of hydrogen-bond acceptors (Lipinski definition) is 5. The number of carbonyl (C=O) groups is 1. The van der Waals surface area contributed by atoms with Gasteiger partial charge >= 0.3 is 0 Å². The Morgan fingerprint density at radius 2 is 1.90 bits per heavy atom. The Morgan fingerprint density at radius 3 is 2.70 bits per heavy atom. The number of piperidine rings is 1. The predicted molar refractivity (Wildman–Crippen MR) is 115 cm³/mol. The Labute approximate surface area is 175 Å². The Morgan fingerprint density at radius 1 is 1.13 bits per heavy atom. The quantitative estimate of drug-likeness (QED) is 0.646. The zero-order valence-electron chi connectivity index (χ0n) is 16.8. The minimum Gasteiger partial charge on any atom is -0.396 e. The molecule has 7 nitrogen and oxygen atoms in total. The Balaban J connectivity index is 1.40. The number of carbonyl (C=O) groups excluding carboxylic acids is 1. The summed E-state index contributed by atoms with van der Waals surface area (Å²) in [7, 11) is 0. The maximum atomic E-state index is 12.7. The van der Waals surface area contributed by atoms with E-state index >= 15 is 0 Å². The van der Waals surface area contributed by atoms with Crippen molar-refractivity contribution in [2.45, 2.75) is 25.6 Å². The maximum Gasteiger partial charge on any atom is 0.269 e. The van der Waals surface area contributed by atoms with Crippen LogP contribution in [-0.4, -0.2) is 51.2 Å². The van der Waals surface area contributed by atoms with Crippen LogP contribution in [0.15, 0.2) is 65.6 Å². The molecular weight excluding hydrogens is 380 g/mol. The summed E-state index contributed by atoms with van der Waals surface area (Å²) in [6, 6.07) is 17.4. The molecule has 1 fully saturated rings. The molecule has 1 aliphatic heterocycles. The molecule has 1 saturated heterocycles. The summed E-state index contributed by atoms with van der Waals surface area (Å²) < 4.78 is 1.44. The lowest BCUT2D eigenvalue weighted by molar-refractivity contribution is -0.123. The molecule has 0 saturated carbocycles. The van der Waals surface area contributed by atoms with Gasteiger partial charge in [-0.1, -0.05) is 42.5 Å². The molecule has 0 spiro atoms. The van der Waals surface area contributed by atoms with Gasteiger partial charge in [0.05, 0.1) is 17.2 Å². The first kappa shape index (κ1) is 20.3. The lowest BCUT2D eigenvalue weighted by atomic mass is 9.92. The third kappa shape index (κ3) is 4.58. The summed E-state index contributed by atoms with van der Waals surface area (Å²) in [5, 5.41) is 12.9. The van der Waals surface area contributed by atoms with E-state index in [0.717, 1.165) is 19.5 Å². The summed E-state index contributed by atoms with van der Waals surface area (Å²) >= 11 is 0. The molecule has 0 bridgehead atoms. The number of rotatable bonds is 6. The molecule has 2 aromatic carbocycles. The first-order valence-electron chi connectivity index (χ1n) is 10.2. The van der Waals surface area contributed by atoms with Crippen LogP contribution in [0, 0.1) is 5.92 Å². The lowest BCUT2D eigenvalue weighted by Gasteiger charge is -2.38. The molecule has 2 atom stereocenters. The van der Waals surface area contributed by atoms with Crippen molar-refractivity contribution in [2.24, 2.45) is 5.92 Å². The molecule has 3 aromatic rings. The molecule has 2 N–H and O–H groups in total. The van der Waals surface area contributed by atoms with Crippen molar-refractivity contribution in [3.63, 3.8) is 0 Å². The number of aliphatic hydroxyl groups is 1. The van der Waals surface area contributed by atoms with Crippen LogP contribution in [0.5, 0.6) is 0 Å². The highest BCUT2D eigenvalue weighted by Gasteiger charge is 2.30. The van der Waals surface area contributed by atoms with Gasteiger partial charge in [-0.3, -0.25) is 19.1 Å². The topological polar surface area (TPSA) is 87.5 Å².